The highest BCUT2D eigenvalue weighted by molar-refractivity contribution is 9.10. The predicted molar refractivity (Wildman–Crippen MR) is 54.5 cm³/mol. The molecule has 6 heteroatoms. The van der Waals surface area contributed by atoms with Crippen molar-refractivity contribution < 1.29 is 9.76 Å². The molecule has 0 saturated heterocycles. The van der Waals surface area contributed by atoms with Gasteiger partial charge in [-0.15, -0.1) is 0 Å². The van der Waals surface area contributed by atoms with Crippen LogP contribution >= 0.6 is 15.9 Å². The van der Waals surface area contributed by atoms with Crippen molar-refractivity contribution in [1.29, 1.82) is 0 Å². The van der Waals surface area contributed by atoms with E-state index in [0.717, 1.165) is 0 Å². The second-order valence-electron chi connectivity index (χ2n) is 2.75. The van der Waals surface area contributed by atoms with Gasteiger partial charge in [0.25, 0.3) is 5.69 Å². The zero-order valence-corrected chi connectivity index (χ0v) is 9.02. The molecule has 14 heavy (non-hydrogen) atoms. The Balaban J connectivity index is 3.12. The Morgan fingerprint density at radius 2 is 2.29 bits per heavy atom. The van der Waals surface area contributed by atoms with Gasteiger partial charge in [0.1, 0.15) is 6.10 Å². The van der Waals surface area contributed by atoms with Crippen molar-refractivity contribution in [3.63, 3.8) is 0 Å². The van der Waals surface area contributed by atoms with Gasteiger partial charge >= 0.3 is 0 Å². The first-order valence-corrected chi connectivity index (χ1v) is 4.65. The van der Waals surface area contributed by atoms with Crippen molar-refractivity contribution in [3.8, 4) is 0 Å². The molecule has 0 spiro atoms. The Labute approximate surface area is 89.1 Å². The van der Waals surface area contributed by atoms with E-state index in [4.69, 9.17) is 5.90 Å². The number of hydrogen-bond acceptors (Lipinski definition) is 4. The SMILES string of the molecule is CC(ON)c1ccc(Br)c([N+](=O)[O-])c1. The highest BCUT2D eigenvalue weighted by atomic mass is 79.9. The number of nitrogens with zero attached hydrogens (tertiary/aromatic N) is 1. The molecule has 0 radical (unpaired) electrons. The fourth-order valence-electron chi connectivity index (χ4n) is 1.00. The third-order valence-corrected chi connectivity index (χ3v) is 2.51. The summed E-state index contributed by atoms with van der Waals surface area (Å²) in [6.45, 7) is 1.72. The molecule has 0 aliphatic rings. The topological polar surface area (TPSA) is 78.4 Å². The second kappa shape index (κ2) is 4.50. The van der Waals surface area contributed by atoms with E-state index in [1.807, 2.05) is 0 Å². The summed E-state index contributed by atoms with van der Waals surface area (Å²) >= 11 is 3.09. The van der Waals surface area contributed by atoms with Gasteiger partial charge in [0.2, 0.25) is 0 Å². The van der Waals surface area contributed by atoms with Crippen LogP contribution in [0.25, 0.3) is 0 Å². The summed E-state index contributed by atoms with van der Waals surface area (Å²) in [6.07, 6.45) is -0.359. The Bertz CT molecular complexity index is 356. The molecule has 2 N–H and O–H groups in total. The first kappa shape index (κ1) is 11.1. The molecule has 1 rings (SSSR count). The summed E-state index contributed by atoms with van der Waals surface area (Å²) < 4.78 is 0.440. The van der Waals surface area contributed by atoms with E-state index in [9.17, 15) is 10.1 Å². The van der Waals surface area contributed by atoms with Gasteiger partial charge in [-0.05, 0) is 34.5 Å². The molecule has 0 aliphatic heterocycles. The zero-order valence-electron chi connectivity index (χ0n) is 7.44. The van der Waals surface area contributed by atoms with Crippen LogP contribution in [0.4, 0.5) is 5.69 Å². The molecule has 0 aliphatic carbocycles. The van der Waals surface area contributed by atoms with Gasteiger partial charge < -0.3 is 0 Å². The van der Waals surface area contributed by atoms with Gasteiger partial charge in [0, 0.05) is 6.07 Å². The zero-order chi connectivity index (χ0) is 10.7. The Morgan fingerprint density at radius 1 is 1.64 bits per heavy atom. The van der Waals surface area contributed by atoms with Crippen LogP contribution in [-0.2, 0) is 4.84 Å². The van der Waals surface area contributed by atoms with Gasteiger partial charge in [0.05, 0.1) is 9.40 Å². The van der Waals surface area contributed by atoms with Crippen LogP contribution in [0.3, 0.4) is 0 Å². The molecule has 0 fully saturated rings. The normalized spacial score (nSPS) is 12.5. The fourth-order valence-corrected chi connectivity index (χ4v) is 1.39. The van der Waals surface area contributed by atoms with Gasteiger partial charge in [0.15, 0.2) is 0 Å². The van der Waals surface area contributed by atoms with Gasteiger partial charge in [-0.2, -0.15) is 0 Å². The summed E-state index contributed by atoms with van der Waals surface area (Å²) in [4.78, 5) is 14.7. The highest BCUT2D eigenvalue weighted by Crippen LogP contribution is 2.28. The maximum atomic E-state index is 10.6. The van der Waals surface area contributed by atoms with Crippen LogP contribution in [-0.4, -0.2) is 4.92 Å². The largest absolute Gasteiger partial charge is 0.297 e. The summed E-state index contributed by atoms with van der Waals surface area (Å²) in [5, 5.41) is 10.6. The average molecular weight is 261 g/mol. The van der Waals surface area contributed by atoms with Crippen molar-refractivity contribution in [2.45, 2.75) is 13.0 Å². The molecule has 0 saturated carbocycles. The number of rotatable bonds is 3. The van der Waals surface area contributed by atoms with E-state index in [1.54, 1.807) is 19.1 Å². The van der Waals surface area contributed by atoms with Gasteiger partial charge in [-0.1, -0.05) is 6.07 Å². The van der Waals surface area contributed by atoms with Crippen molar-refractivity contribution in [3.05, 3.63) is 38.3 Å². The molecule has 0 bridgehead atoms. The molecule has 0 amide bonds. The molecule has 76 valence electrons. The van der Waals surface area contributed by atoms with Crippen LogP contribution in [0.1, 0.15) is 18.6 Å². The fraction of sp³-hybridized carbons (Fsp3) is 0.250. The molecule has 1 atom stereocenters. The summed E-state index contributed by atoms with van der Waals surface area (Å²) in [5.74, 6) is 4.99. The molecule has 0 aromatic heterocycles. The van der Waals surface area contributed by atoms with Crippen LogP contribution in [0.2, 0.25) is 0 Å². The maximum Gasteiger partial charge on any atom is 0.283 e. The first-order chi connectivity index (χ1) is 6.56. The van der Waals surface area contributed by atoms with E-state index >= 15 is 0 Å². The number of benzene rings is 1. The van der Waals surface area contributed by atoms with Crippen LogP contribution in [0.5, 0.6) is 0 Å². The number of nitrogens with two attached hydrogens (primary N) is 1. The van der Waals surface area contributed by atoms with Crippen LogP contribution in [0.15, 0.2) is 22.7 Å². The van der Waals surface area contributed by atoms with Gasteiger partial charge in [-0.25, -0.2) is 5.90 Å². The highest BCUT2D eigenvalue weighted by Gasteiger charge is 2.15. The molecular formula is C8H9BrN2O3. The predicted octanol–water partition coefficient (Wildman–Crippen LogP) is 2.31. The number of halogens is 1. The molecular weight excluding hydrogens is 252 g/mol. The minimum Gasteiger partial charge on any atom is -0.297 e. The Hall–Kier alpha value is -0.980. The number of nitro benzene ring substituents is 1. The summed E-state index contributed by atoms with van der Waals surface area (Å²) in [7, 11) is 0. The lowest BCUT2D eigenvalue weighted by atomic mass is 10.1. The lowest BCUT2D eigenvalue weighted by molar-refractivity contribution is -0.385. The number of nitro groups is 1. The minimum atomic E-state index is -0.461. The van der Waals surface area contributed by atoms with E-state index in [2.05, 4.69) is 20.8 Å². The maximum absolute atomic E-state index is 10.6. The molecule has 0 heterocycles. The van der Waals surface area contributed by atoms with E-state index in [-0.39, 0.29) is 11.8 Å². The van der Waals surface area contributed by atoms with Crippen LogP contribution < -0.4 is 5.90 Å². The van der Waals surface area contributed by atoms with E-state index in [1.165, 1.54) is 6.07 Å². The van der Waals surface area contributed by atoms with Gasteiger partial charge in [-0.3, -0.25) is 15.0 Å². The third-order valence-electron chi connectivity index (χ3n) is 1.84. The van der Waals surface area contributed by atoms with Crippen molar-refractivity contribution >= 4 is 21.6 Å². The first-order valence-electron chi connectivity index (χ1n) is 3.85. The molecule has 1 aromatic carbocycles. The Morgan fingerprint density at radius 3 is 2.79 bits per heavy atom. The smallest absolute Gasteiger partial charge is 0.283 e. The lowest BCUT2D eigenvalue weighted by Gasteiger charge is -2.08. The van der Waals surface area contributed by atoms with Crippen molar-refractivity contribution in [1.82, 2.24) is 0 Å². The molecule has 5 nitrogen and oxygen atoms in total. The number of hydrogen-bond donors (Lipinski definition) is 1. The quantitative estimate of drug-likeness (QED) is 0.668. The molecule has 1 unspecified atom stereocenters. The van der Waals surface area contributed by atoms with Crippen LogP contribution in [0, 0.1) is 10.1 Å². The third kappa shape index (κ3) is 2.28. The summed E-state index contributed by atoms with van der Waals surface area (Å²) in [5.41, 5.74) is 0.675. The monoisotopic (exact) mass is 260 g/mol. The standard InChI is InChI=1S/C8H9BrN2O3/c1-5(14-10)6-2-3-7(9)8(4-6)11(12)13/h2-5H,10H2,1H3. The van der Waals surface area contributed by atoms with Crippen molar-refractivity contribution in [2.24, 2.45) is 5.90 Å². The average Bonchev–Trinajstić information content (AvgIpc) is 2.17. The minimum absolute atomic E-state index is 0.00593. The summed E-state index contributed by atoms with van der Waals surface area (Å²) in [6, 6.07) is 4.75. The Kier molecular flexibility index (Phi) is 3.56. The van der Waals surface area contributed by atoms with Crippen molar-refractivity contribution in [2.75, 3.05) is 0 Å². The molecule has 1 aromatic rings. The van der Waals surface area contributed by atoms with E-state index in [0.29, 0.717) is 10.0 Å². The van der Waals surface area contributed by atoms with E-state index < -0.39 is 4.92 Å². The lowest BCUT2D eigenvalue weighted by Crippen LogP contribution is -2.05. The second-order valence-corrected chi connectivity index (χ2v) is 3.60.